The molecule has 3 aromatic rings. The molecule has 0 bridgehead atoms. The molecule has 17 heteroatoms. The van der Waals surface area contributed by atoms with Crippen LogP contribution in [-0.2, 0) is 29.8 Å². The molecule has 1 aliphatic rings. The molecule has 13 nitrogen and oxygen atoms in total. The van der Waals surface area contributed by atoms with Crippen molar-refractivity contribution in [2.45, 2.75) is 114 Å². The Morgan fingerprint density at radius 2 is 1.86 bits per heavy atom. The lowest BCUT2D eigenvalue weighted by Crippen LogP contribution is -2.38. The van der Waals surface area contributed by atoms with Crippen molar-refractivity contribution >= 4 is 47.7 Å². The van der Waals surface area contributed by atoms with Crippen LogP contribution in [0.25, 0.3) is 0 Å². The number of amides is 2. The molecule has 2 aromatic carbocycles. The van der Waals surface area contributed by atoms with Crippen molar-refractivity contribution in [1.29, 1.82) is 1.43 Å². The monoisotopic (exact) mass is 864 g/mol. The number of carbonyl (C=O) groups excluding carboxylic acids is 2. The van der Waals surface area contributed by atoms with Gasteiger partial charge in [0.15, 0.2) is 19.0 Å². The Hall–Kier alpha value is -3.52. The molecule has 1 aliphatic heterocycles. The van der Waals surface area contributed by atoms with E-state index in [1.807, 2.05) is 56.6 Å². The molecule has 3 N–H and O–H groups in total. The Balaban J connectivity index is 0.00000311. The normalized spacial score (nSPS) is 18.8. The van der Waals surface area contributed by atoms with Gasteiger partial charge in [0.05, 0.1) is 19.3 Å². The number of nitrogens with zero attached hydrogens (tertiary/aromatic N) is 3. The van der Waals surface area contributed by atoms with Gasteiger partial charge in [-0.1, -0.05) is 63.9 Å². The second-order valence-electron chi connectivity index (χ2n) is 14.1. The number of nitrogens with one attached hydrogen (secondary N) is 2. The average Bonchev–Trinajstić information content (AvgIpc) is 3.52. The van der Waals surface area contributed by atoms with Crippen molar-refractivity contribution in [3.8, 4) is 18.1 Å². The van der Waals surface area contributed by atoms with E-state index in [0.717, 1.165) is 15.0 Å². The number of halogens is 1. The highest BCUT2D eigenvalue weighted by Crippen LogP contribution is 2.51. The van der Waals surface area contributed by atoms with Gasteiger partial charge in [-0.05, 0) is 91.1 Å². The highest BCUT2D eigenvalue weighted by atomic mass is 33.1. The van der Waals surface area contributed by atoms with Crippen molar-refractivity contribution in [3.05, 3.63) is 82.9 Å². The summed E-state index contributed by atoms with van der Waals surface area (Å²) in [4.78, 5) is 42.7. The van der Waals surface area contributed by atoms with E-state index in [1.165, 1.54) is 19.4 Å². The second-order valence-corrected chi connectivity index (χ2v) is 18.4. The summed E-state index contributed by atoms with van der Waals surface area (Å²) in [6.07, 6.45) is 2.69. The van der Waals surface area contributed by atoms with Gasteiger partial charge in [-0.3, -0.25) is 14.2 Å². The molecule has 1 fully saturated rings. The number of anilines is 1. The van der Waals surface area contributed by atoms with Crippen LogP contribution in [0.1, 0.15) is 74.4 Å². The van der Waals surface area contributed by atoms with E-state index in [9.17, 15) is 14.4 Å². The van der Waals surface area contributed by atoms with E-state index in [0.29, 0.717) is 25.0 Å². The first-order valence-electron chi connectivity index (χ1n) is 19.9. The topological polar surface area (TPSA) is 153 Å². The van der Waals surface area contributed by atoms with Crippen molar-refractivity contribution in [3.63, 3.8) is 0 Å². The summed E-state index contributed by atoms with van der Waals surface area (Å²) < 4.78 is 57.5. The van der Waals surface area contributed by atoms with Crippen molar-refractivity contribution in [2.75, 3.05) is 32.2 Å². The number of aliphatic hydroxyl groups excluding tert-OH is 1. The largest absolute Gasteiger partial charge is 0.484 e. The third-order valence-electron chi connectivity index (χ3n) is 8.45. The maximum absolute atomic E-state index is 16.4. The summed E-state index contributed by atoms with van der Waals surface area (Å²) in [5.41, 5.74) is 0.224. The van der Waals surface area contributed by atoms with Gasteiger partial charge in [0.1, 0.15) is 17.7 Å². The molecular formula is C41H57FN5O8PS2. The number of hydrogen-bond acceptors (Lipinski definition) is 12. The maximum atomic E-state index is 16.4. The van der Waals surface area contributed by atoms with Crippen LogP contribution in [0, 0.1) is 12.3 Å². The van der Waals surface area contributed by atoms with Crippen LogP contribution in [-0.4, -0.2) is 94.7 Å². The van der Waals surface area contributed by atoms with Crippen molar-refractivity contribution < 1.29 is 39.0 Å². The van der Waals surface area contributed by atoms with Crippen LogP contribution in [0.3, 0.4) is 0 Å². The van der Waals surface area contributed by atoms with Crippen LogP contribution >= 0.6 is 30.1 Å². The number of carbonyl (C=O) groups is 2. The molecule has 0 saturated carbocycles. The number of rotatable bonds is 21. The van der Waals surface area contributed by atoms with Gasteiger partial charge < -0.3 is 34.3 Å². The number of para-hydroxylation sites is 1. The third kappa shape index (κ3) is 15.3. The SMILES string of the molecule is [2H]C[C@H]1O[C@@H](n2ccc(NC(=O)COc3ccccc3)nc2=O)[C@@H](F)C1OP(OCCc1ccccc1SSC(C)(C)CCC(=O)NCC#C)N(C(C)C)C(C)C.[3H]OC. The standard InChI is InChI=1S/C40H53FN5O7PS2.CH4O/c1-9-23-42-34(47)19-22-40(7,8)56-55-32-18-14-13-15-30(32)21-25-51-54(46(27(2)3)28(4)5)53-37-29(6)52-38(36(37)41)45-24-20-33(44-39(45)49)43-35(48)26-50-31-16-11-10-12-17-31;1-2/h1,10-18,20,24,27-29,36-38H,19,21-23,25-26H2,2-8H3,(H,42,47)(H,43,44,48,49);2H,1H3/t29-,36+,37?,38-,54?;/m1./s1/i6D;2T. The lowest BCUT2D eigenvalue weighted by molar-refractivity contribution is -0.121. The fourth-order valence-corrected chi connectivity index (χ4v) is 10.0. The van der Waals surface area contributed by atoms with Gasteiger partial charge >= 0.3 is 5.69 Å². The number of aromatic nitrogens is 2. The number of hydrogen-bond donors (Lipinski definition) is 3. The molecule has 0 aliphatic carbocycles. The molecule has 4 rings (SSSR count). The quantitative estimate of drug-likeness (QED) is 0.0566. The summed E-state index contributed by atoms with van der Waals surface area (Å²) in [5, 5.41) is 8.73. The molecule has 1 aromatic heterocycles. The van der Waals surface area contributed by atoms with Crippen LogP contribution < -0.4 is 21.1 Å². The van der Waals surface area contributed by atoms with Gasteiger partial charge in [-0.25, -0.2) is 13.9 Å². The minimum Gasteiger partial charge on any atom is -0.484 e. The lowest BCUT2D eigenvalue weighted by atomic mass is 10.1. The van der Waals surface area contributed by atoms with Gasteiger partial charge in [0.25, 0.3) is 14.4 Å². The Kier molecular flexibility index (Phi) is 19.3. The third-order valence-corrected chi connectivity index (χ3v) is 14.0. The Morgan fingerprint density at radius 1 is 1.17 bits per heavy atom. The lowest BCUT2D eigenvalue weighted by Gasteiger charge is -2.37. The zero-order chi connectivity index (χ0) is 44.2. The summed E-state index contributed by atoms with van der Waals surface area (Å²) in [5.74, 6) is 2.31. The molecule has 2 unspecified atom stereocenters. The summed E-state index contributed by atoms with van der Waals surface area (Å²) in [6, 6.07) is 18.2. The molecule has 1 saturated heterocycles. The predicted octanol–water partition coefficient (Wildman–Crippen LogP) is 7.16. The Bertz CT molecular complexity index is 1870. The maximum Gasteiger partial charge on any atom is 0.351 e. The zero-order valence-electron chi connectivity index (χ0n) is 36.1. The van der Waals surface area contributed by atoms with Crippen LogP contribution in [0.2, 0.25) is 0 Å². The van der Waals surface area contributed by atoms with Gasteiger partial charge in [-0.15, -0.1) is 6.42 Å². The predicted molar refractivity (Wildman–Crippen MR) is 230 cm³/mol. The molecule has 5 atom stereocenters. The van der Waals surface area contributed by atoms with Gasteiger partial charge in [0.2, 0.25) is 7.34 Å². The smallest absolute Gasteiger partial charge is 0.351 e. The molecular weight excluding hydrogens is 805 g/mol. The van der Waals surface area contributed by atoms with E-state index in [1.54, 1.807) is 45.9 Å². The summed E-state index contributed by atoms with van der Waals surface area (Å²) >= 11 is 0. The van der Waals surface area contributed by atoms with E-state index in [2.05, 4.69) is 46.6 Å². The first kappa shape index (κ1) is 45.6. The number of terminal acetylenes is 1. The minimum absolute atomic E-state index is 0.0236. The van der Waals surface area contributed by atoms with Crippen LogP contribution in [0.15, 0.2) is 76.6 Å². The van der Waals surface area contributed by atoms with E-state index >= 15 is 4.39 Å². The Labute approximate surface area is 353 Å². The first-order chi connectivity index (χ1) is 28.6. The van der Waals surface area contributed by atoms with Crippen molar-refractivity contribution in [1.82, 2.24) is 19.5 Å². The first-order valence-corrected chi connectivity index (χ1v) is 22.1. The summed E-state index contributed by atoms with van der Waals surface area (Å²) in [6.45, 7) is 12.1. The van der Waals surface area contributed by atoms with Crippen molar-refractivity contribution in [2.24, 2.45) is 0 Å². The van der Waals surface area contributed by atoms with Crippen LogP contribution in [0.4, 0.5) is 10.2 Å². The molecule has 0 radical (unpaired) electrons. The Morgan fingerprint density at radius 3 is 2.52 bits per heavy atom. The average molecular weight is 865 g/mol. The molecule has 2 amide bonds. The number of alkyl halides is 1. The van der Waals surface area contributed by atoms with E-state index in [4.69, 9.17) is 27.7 Å². The van der Waals surface area contributed by atoms with E-state index < -0.39 is 44.7 Å². The molecule has 318 valence electrons. The highest BCUT2D eigenvalue weighted by molar-refractivity contribution is 8.77. The fraction of sp³-hybridized carbons (Fsp3) is 0.512. The highest BCUT2D eigenvalue weighted by Gasteiger charge is 2.48. The number of aliphatic hydroxyl groups is 1. The van der Waals surface area contributed by atoms with Crippen LogP contribution in [0.5, 0.6) is 5.75 Å². The van der Waals surface area contributed by atoms with E-state index in [-0.39, 0.29) is 55.2 Å². The molecule has 58 heavy (non-hydrogen) atoms. The fourth-order valence-electron chi connectivity index (χ4n) is 5.67. The summed E-state index contributed by atoms with van der Waals surface area (Å²) in [7, 11) is 2.78. The van der Waals surface area contributed by atoms with Gasteiger partial charge in [0, 0.05) is 42.8 Å². The number of benzene rings is 2. The number of ether oxygens (including phenoxy) is 2. The second kappa shape index (κ2) is 24.5. The molecule has 0 spiro atoms. The minimum atomic E-state index is -1.85. The zero-order valence-corrected chi connectivity index (χ0v) is 36.6. The van der Waals surface area contributed by atoms with Gasteiger partial charge in [-0.2, -0.15) is 4.98 Å². The molecule has 2 heterocycles.